The third-order valence-corrected chi connectivity index (χ3v) is 9.10. The lowest BCUT2D eigenvalue weighted by atomic mass is 10.1. The summed E-state index contributed by atoms with van der Waals surface area (Å²) in [4.78, 5) is 33.7. The first-order chi connectivity index (χ1) is 20.7. The van der Waals surface area contributed by atoms with Crippen molar-refractivity contribution in [2.45, 2.75) is 6.54 Å². The Morgan fingerprint density at radius 2 is 1.95 bits per heavy atom. The van der Waals surface area contributed by atoms with Gasteiger partial charge in [0.15, 0.2) is 11.4 Å². The van der Waals surface area contributed by atoms with Crippen LogP contribution in [0.25, 0.3) is 27.3 Å². The summed E-state index contributed by atoms with van der Waals surface area (Å²) in [6, 6.07) is 7.31. The van der Waals surface area contributed by atoms with Gasteiger partial charge in [-0.3, -0.25) is 23.3 Å². The number of carbonyl (C=O) groups is 1. The number of hydrogen-bond acceptors (Lipinski definition) is 10. The molecule has 0 spiro atoms. The molecule has 3 N–H and O–H groups in total. The molecule has 1 aromatic carbocycles. The van der Waals surface area contributed by atoms with Crippen LogP contribution in [0.3, 0.4) is 0 Å². The summed E-state index contributed by atoms with van der Waals surface area (Å²) < 4.78 is 49.6. The number of nitrogens with zero attached hydrogens (tertiary/aromatic N) is 6. The summed E-state index contributed by atoms with van der Waals surface area (Å²) in [5.41, 5.74) is 7.81. The van der Waals surface area contributed by atoms with Gasteiger partial charge in [-0.1, -0.05) is 11.3 Å². The Bertz CT molecular complexity index is 1890. The third-order valence-electron chi connectivity index (χ3n) is 7.33. The first-order valence-corrected chi connectivity index (χ1v) is 16.0. The average molecular weight is 631 g/mol. The molecule has 1 saturated heterocycles. The predicted octanol–water partition coefficient (Wildman–Crippen LogP) is 2.16. The number of furan rings is 1. The van der Waals surface area contributed by atoms with E-state index in [4.69, 9.17) is 10.2 Å². The van der Waals surface area contributed by atoms with Crippen molar-refractivity contribution >= 4 is 55.5 Å². The van der Waals surface area contributed by atoms with E-state index in [0.717, 1.165) is 17.4 Å². The van der Waals surface area contributed by atoms with E-state index in [0.29, 0.717) is 66.6 Å². The van der Waals surface area contributed by atoms with Gasteiger partial charge >= 0.3 is 4.87 Å². The molecule has 0 aliphatic carbocycles. The maximum Gasteiger partial charge on any atom is 0.309 e. The van der Waals surface area contributed by atoms with E-state index in [1.54, 1.807) is 27.9 Å². The van der Waals surface area contributed by atoms with Crippen LogP contribution in [0.5, 0.6) is 0 Å². The Morgan fingerprint density at radius 3 is 2.67 bits per heavy atom. The van der Waals surface area contributed by atoms with E-state index in [9.17, 15) is 22.6 Å². The van der Waals surface area contributed by atoms with Gasteiger partial charge in [0, 0.05) is 74.7 Å². The number of thiazole rings is 1. The lowest BCUT2D eigenvalue weighted by Gasteiger charge is -2.36. The summed E-state index contributed by atoms with van der Waals surface area (Å²) in [6.07, 6.45) is 3.06. The molecule has 6 rings (SSSR count). The Morgan fingerprint density at radius 1 is 1.16 bits per heavy atom. The summed E-state index contributed by atoms with van der Waals surface area (Å²) in [5, 5.41) is 7.00. The van der Waals surface area contributed by atoms with Gasteiger partial charge in [0.05, 0.1) is 23.0 Å². The molecule has 0 radical (unpaired) electrons. The Kier molecular flexibility index (Phi) is 7.98. The number of aromatic nitrogens is 4. The topological polar surface area (TPSA) is 144 Å². The maximum atomic E-state index is 14.8. The van der Waals surface area contributed by atoms with Crippen LogP contribution in [0.1, 0.15) is 10.4 Å². The second-order valence-corrected chi connectivity index (χ2v) is 12.6. The summed E-state index contributed by atoms with van der Waals surface area (Å²) >= 11 is 1.08. The number of nitrogens with one attached hydrogen (secondary N) is 1. The highest BCUT2D eigenvalue weighted by molar-refractivity contribution is 7.84. The number of anilines is 2. The van der Waals surface area contributed by atoms with E-state index in [2.05, 4.69) is 20.3 Å². The van der Waals surface area contributed by atoms with Crippen molar-refractivity contribution in [3.63, 3.8) is 0 Å². The van der Waals surface area contributed by atoms with E-state index in [1.807, 2.05) is 6.07 Å². The van der Waals surface area contributed by atoms with E-state index < -0.39 is 28.3 Å². The van der Waals surface area contributed by atoms with Gasteiger partial charge in [0.2, 0.25) is 5.95 Å². The minimum atomic E-state index is -1.11. The second-order valence-electron chi connectivity index (χ2n) is 10.1. The molecule has 1 fully saturated rings. The van der Waals surface area contributed by atoms with Gasteiger partial charge in [-0.2, -0.15) is 14.6 Å². The monoisotopic (exact) mass is 630 g/mol. The molecule has 4 aromatic heterocycles. The van der Waals surface area contributed by atoms with Crippen LogP contribution in [0, 0.1) is 11.6 Å². The smallest absolute Gasteiger partial charge is 0.309 e. The van der Waals surface area contributed by atoms with Crippen LogP contribution < -0.4 is 20.8 Å². The number of carbonyl (C=O) groups excluding carboxylic acids is 1. The average Bonchev–Trinajstić information content (AvgIpc) is 3.72. The normalized spacial score (nSPS) is 15.0. The van der Waals surface area contributed by atoms with E-state index >= 15 is 0 Å². The molecule has 5 heterocycles. The number of fused-ring (bicyclic) bond motifs is 3. The number of nitrogens with two attached hydrogens (primary N) is 1. The highest BCUT2D eigenvalue weighted by Gasteiger charge is 2.24. The number of hydrogen-bond donors (Lipinski definition) is 2. The zero-order valence-corrected chi connectivity index (χ0v) is 24.7. The zero-order chi connectivity index (χ0) is 30.2. The fourth-order valence-electron chi connectivity index (χ4n) is 5.10. The minimum Gasteiger partial charge on any atom is -0.463 e. The lowest BCUT2D eigenvalue weighted by molar-refractivity contribution is 0.0952. The molecule has 1 aliphatic rings. The maximum absolute atomic E-state index is 14.8. The molecule has 0 saturated carbocycles. The van der Waals surface area contributed by atoms with Crippen LogP contribution in [0.15, 0.2) is 45.8 Å². The number of rotatable bonds is 9. The molecule has 1 aliphatic heterocycles. The molecule has 1 amide bonds. The fourth-order valence-corrected chi connectivity index (χ4v) is 6.45. The van der Waals surface area contributed by atoms with Crippen LogP contribution in [0.4, 0.5) is 20.4 Å². The molecule has 0 bridgehead atoms. The predicted molar refractivity (Wildman–Crippen MR) is 161 cm³/mol. The van der Waals surface area contributed by atoms with Crippen molar-refractivity contribution in [3.8, 4) is 11.5 Å². The SMILES string of the molecule is C[S@@](=O)CCNC(=O)c1cc(N2CCN(CCn3c(=O)sc4c3nc(N)n3nc(-c5ccco5)cc43)CC2)c(F)cc1F. The number of amides is 1. The number of piperazine rings is 1. The second kappa shape index (κ2) is 11.9. The van der Waals surface area contributed by atoms with Crippen LogP contribution in [0.2, 0.25) is 0 Å². The molecule has 5 aromatic rings. The molecule has 12 nitrogen and oxygen atoms in total. The zero-order valence-electron chi connectivity index (χ0n) is 23.1. The molecule has 43 heavy (non-hydrogen) atoms. The first kappa shape index (κ1) is 28.9. The van der Waals surface area contributed by atoms with Gasteiger partial charge in [-0.05, 0) is 24.3 Å². The Hall–Kier alpha value is -4.15. The molecule has 226 valence electrons. The standard InChI is InChI=1S/C27H28F2N8O4S2/c1-43(40)12-4-31-25(38)16-13-20(18(29)14-17(16)28)35-8-5-34(6-9-35)7-10-36-24-23(42-27(36)39)21-15-19(22-3-2-11-41-22)33-37(21)26(30)32-24/h2-3,11,13-15H,4-10,12H2,1H3,(H2,30,32)(H,31,38)/t43-/m1/s1. The molecule has 1 atom stereocenters. The summed E-state index contributed by atoms with van der Waals surface area (Å²) in [7, 11) is -1.11. The minimum absolute atomic E-state index is 0.122. The summed E-state index contributed by atoms with van der Waals surface area (Å²) in [6.45, 7) is 3.04. The molecular weight excluding hydrogens is 602 g/mol. The quantitative estimate of drug-likeness (QED) is 0.250. The van der Waals surface area contributed by atoms with Gasteiger partial charge in [0.25, 0.3) is 5.91 Å². The number of nitrogen functional groups attached to an aromatic ring is 1. The van der Waals surface area contributed by atoms with Gasteiger partial charge in [0.1, 0.15) is 22.0 Å². The van der Waals surface area contributed by atoms with Gasteiger partial charge in [-0.15, -0.1) is 0 Å². The van der Waals surface area contributed by atoms with Crippen LogP contribution in [-0.2, 0) is 17.3 Å². The summed E-state index contributed by atoms with van der Waals surface area (Å²) in [5.74, 6) is -1.43. The van der Waals surface area contributed by atoms with Crippen molar-refractivity contribution in [3.05, 3.63) is 63.5 Å². The van der Waals surface area contributed by atoms with E-state index in [-0.39, 0.29) is 34.4 Å². The van der Waals surface area contributed by atoms with Gasteiger partial charge in [-0.25, -0.2) is 8.78 Å². The highest BCUT2D eigenvalue weighted by Crippen LogP contribution is 2.29. The van der Waals surface area contributed by atoms with E-state index in [1.165, 1.54) is 16.8 Å². The highest BCUT2D eigenvalue weighted by atomic mass is 32.2. The van der Waals surface area contributed by atoms with Gasteiger partial charge < -0.3 is 20.4 Å². The molecule has 0 unspecified atom stereocenters. The number of benzene rings is 1. The van der Waals surface area contributed by atoms with Crippen molar-refractivity contribution in [2.75, 3.05) is 61.9 Å². The van der Waals surface area contributed by atoms with Crippen LogP contribution in [-0.4, -0.2) is 85.5 Å². The van der Waals surface area contributed by atoms with Crippen molar-refractivity contribution in [1.82, 2.24) is 29.4 Å². The number of halogens is 2. The van der Waals surface area contributed by atoms with Crippen molar-refractivity contribution < 1.29 is 22.2 Å². The Balaban J connectivity index is 1.13. The molecular formula is C27H28F2N8O4S2. The lowest BCUT2D eigenvalue weighted by Crippen LogP contribution is -2.47. The van der Waals surface area contributed by atoms with Crippen molar-refractivity contribution in [2.24, 2.45) is 0 Å². The van der Waals surface area contributed by atoms with Crippen LogP contribution >= 0.6 is 11.3 Å². The third kappa shape index (κ3) is 5.77. The largest absolute Gasteiger partial charge is 0.463 e. The Labute approximate surface area is 250 Å². The van der Waals surface area contributed by atoms with Crippen molar-refractivity contribution in [1.29, 1.82) is 0 Å². The first-order valence-electron chi connectivity index (χ1n) is 13.5. The fraction of sp³-hybridized carbons (Fsp3) is 0.333. The molecule has 16 heteroatoms.